The number of nitrogens with one attached hydrogen (secondary N) is 2. The van der Waals surface area contributed by atoms with Crippen LogP contribution in [-0.4, -0.2) is 39.9 Å². The van der Waals surface area contributed by atoms with Gasteiger partial charge in [-0.25, -0.2) is 9.67 Å². The van der Waals surface area contributed by atoms with Gasteiger partial charge in [0.2, 0.25) is 0 Å². The first-order chi connectivity index (χ1) is 15.1. The SMILES string of the molecule is COC1CCC(NC(=O)c2ccc(-n3[nH]cc(-c4ccc(C#N)cc4)c3=O)nc2)CC1. The van der Waals surface area contributed by atoms with Crippen molar-refractivity contribution in [2.75, 3.05) is 7.11 Å². The van der Waals surface area contributed by atoms with Crippen LogP contribution < -0.4 is 10.9 Å². The summed E-state index contributed by atoms with van der Waals surface area (Å²) in [4.78, 5) is 29.6. The maximum Gasteiger partial charge on any atom is 0.280 e. The number of nitrogens with zero attached hydrogens (tertiary/aromatic N) is 3. The largest absolute Gasteiger partial charge is 0.381 e. The van der Waals surface area contributed by atoms with Gasteiger partial charge in [-0.1, -0.05) is 12.1 Å². The summed E-state index contributed by atoms with van der Waals surface area (Å²) in [6.07, 6.45) is 7.02. The van der Waals surface area contributed by atoms with E-state index < -0.39 is 0 Å². The highest BCUT2D eigenvalue weighted by Gasteiger charge is 2.22. The lowest BCUT2D eigenvalue weighted by Gasteiger charge is -2.28. The Bertz CT molecular complexity index is 1150. The molecule has 8 heteroatoms. The van der Waals surface area contributed by atoms with Crippen LogP contribution >= 0.6 is 0 Å². The van der Waals surface area contributed by atoms with Crippen molar-refractivity contribution < 1.29 is 9.53 Å². The lowest BCUT2D eigenvalue weighted by molar-refractivity contribution is 0.0599. The second kappa shape index (κ2) is 8.98. The quantitative estimate of drug-likeness (QED) is 0.663. The molecule has 1 amide bonds. The fourth-order valence-corrected chi connectivity index (χ4v) is 3.84. The van der Waals surface area contributed by atoms with E-state index in [1.165, 1.54) is 10.9 Å². The minimum absolute atomic E-state index is 0.139. The maximum absolute atomic E-state index is 12.8. The van der Waals surface area contributed by atoms with Crippen molar-refractivity contribution in [1.82, 2.24) is 20.1 Å². The minimum Gasteiger partial charge on any atom is -0.381 e. The van der Waals surface area contributed by atoms with Crippen LogP contribution in [0.1, 0.15) is 41.6 Å². The second-order valence-electron chi connectivity index (χ2n) is 7.60. The molecule has 8 nitrogen and oxygen atoms in total. The fourth-order valence-electron chi connectivity index (χ4n) is 3.84. The molecule has 2 N–H and O–H groups in total. The third-order valence-corrected chi connectivity index (χ3v) is 5.68. The zero-order valence-corrected chi connectivity index (χ0v) is 17.2. The van der Waals surface area contributed by atoms with Crippen LogP contribution in [0.25, 0.3) is 16.9 Å². The second-order valence-corrected chi connectivity index (χ2v) is 7.60. The van der Waals surface area contributed by atoms with Crippen molar-refractivity contribution in [3.8, 4) is 23.0 Å². The number of aromatic nitrogens is 3. The van der Waals surface area contributed by atoms with Crippen molar-refractivity contribution in [2.45, 2.75) is 37.8 Å². The Morgan fingerprint density at radius 2 is 1.94 bits per heavy atom. The topological polar surface area (TPSA) is 113 Å². The highest BCUT2D eigenvalue weighted by molar-refractivity contribution is 5.94. The van der Waals surface area contributed by atoms with Crippen LogP contribution in [0.3, 0.4) is 0 Å². The molecule has 0 aliphatic heterocycles. The molecule has 158 valence electrons. The van der Waals surface area contributed by atoms with Crippen molar-refractivity contribution in [3.05, 3.63) is 70.3 Å². The van der Waals surface area contributed by atoms with Gasteiger partial charge in [0.1, 0.15) is 0 Å². The van der Waals surface area contributed by atoms with Gasteiger partial charge in [0.05, 0.1) is 28.9 Å². The van der Waals surface area contributed by atoms with E-state index in [4.69, 9.17) is 10.00 Å². The van der Waals surface area contributed by atoms with Crippen molar-refractivity contribution in [3.63, 3.8) is 0 Å². The lowest BCUT2D eigenvalue weighted by atomic mass is 9.93. The van der Waals surface area contributed by atoms with Crippen LogP contribution in [0.4, 0.5) is 0 Å². The van der Waals surface area contributed by atoms with E-state index in [9.17, 15) is 9.59 Å². The number of amides is 1. The van der Waals surface area contributed by atoms with Gasteiger partial charge in [-0.3, -0.25) is 14.7 Å². The molecule has 4 rings (SSSR count). The predicted octanol–water partition coefficient (Wildman–Crippen LogP) is 2.79. The van der Waals surface area contributed by atoms with Crippen molar-refractivity contribution in [2.24, 2.45) is 0 Å². The fraction of sp³-hybridized carbons (Fsp3) is 0.304. The highest BCUT2D eigenvalue weighted by atomic mass is 16.5. The molecule has 2 aromatic heterocycles. The Kier molecular flexibility index (Phi) is 5.96. The molecule has 2 heterocycles. The monoisotopic (exact) mass is 417 g/mol. The highest BCUT2D eigenvalue weighted by Crippen LogP contribution is 2.21. The van der Waals surface area contributed by atoms with E-state index in [2.05, 4.69) is 21.5 Å². The molecule has 0 radical (unpaired) electrons. The summed E-state index contributed by atoms with van der Waals surface area (Å²) in [6.45, 7) is 0. The summed E-state index contributed by atoms with van der Waals surface area (Å²) in [7, 11) is 1.72. The number of nitriles is 1. The lowest BCUT2D eigenvalue weighted by Crippen LogP contribution is -2.39. The first-order valence-corrected chi connectivity index (χ1v) is 10.2. The number of hydrogen-bond donors (Lipinski definition) is 2. The molecule has 0 bridgehead atoms. The van der Waals surface area contributed by atoms with Gasteiger partial charge in [0, 0.05) is 25.5 Å². The summed E-state index contributed by atoms with van der Waals surface area (Å²) in [5.41, 5.74) is 1.90. The van der Waals surface area contributed by atoms with Crippen molar-refractivity contribution >= 4 is 5.91 Å². The van der Waals surface area contributed by atoms with Crippen LogP contribution in [0.5, 0.6) is 0 Å². The standard InChI is InChI=1S/C23H23N5O3/c1-31-19-9-7-18(8-10-19)27-22(29)17-6-11-21(25-13-17)28-23(30)20(14-26-28)16-4-2-15(12-24)3-5-16/h2-6,11,13-14,18-19,26H,7-10H2,1H3,(H,27,29). The Morgan fingerprint density at radius 1 is 1.19 bits per heavy atom. The molecule has 1 fully saturated rings. The molecular weight excluding hydrogens is 394 g/mol. The third kappa shape index (κ3) is 4.42. The number of benzene rings is 1. The van der Waals surface area contributed by atoms with Gasteiger partial charge in [0.25, 0.3) is 11.5 Å². The van der Waals surface area contributed by atoms with Crippen molar-refractivity contribution in [1.29, 1.82) is 5.26 Å². The average molecular weight is 417 g/mol. The Balaban J connectivity index is 1.46. The molecule has 0 atom stereocenters. The zero-order valence-electron chi connectivity index (χ0n) is 17.2. The number of hydrogen-bond acceptors (Lipinski definition) is 5. The molecule has 1 aliphatic carbocycles. The van der Waals surface area contributed by atoms with Gasteiger partial charge in [-0.15, -0.1) is 0 Å². The van der Waals surface area contributed by atoms with E-state index in [-0.39, 0.29) is 23.6 Å². The summed E-state index contributed by atoms with van der Waals surface area (Å²) >= 11 is 0. The van der Waals surface area contributed by atoms with Gasteiger partial charge in [-0.2, -0.15) is 5.26 Å². The number of carbonyl (C=O) groups is 1. The molecule has 1 aromatic carbocycles. The number of methoxy groups -OCH3 is 1. The zero-order chi connectivity index (χ0) is 21.8. The first kappa shape index (κ1) is 20.6. The normalized spacial score (nSPS) is 18.3. The van der Waals surface area contributed by atoms with Gasteiger partial charge >= 0.3 is 0 Å². The molecule has 0 spiro atoms. The number of ether oxygens (including phenoxy) is 1. The number of pyridine rings is 1. The van der Waals surface area contributed by atoms with E-state index in [1.807, 2.05) is 0 Å². The predicted molar refractivity (Wildman–Crippen MR) is 115 cm³/mol. The van der Waals surface area contributed by atoms with Crippen LogP contribution in [0.15, 0.2) is 53.6 Å². The Hall–Kier alpha value is -3.70. The molecule has 1 saturated carbocycles. The Morgan fingerprint density at radius 3 is 2.55 bits per heavy atom. The van der Waals surface area contributed by atoms with Crippen LogP contribution in [0, 0.1) is 11.3 Å². The molecule has 3 aromatic rings. The summed E-state index contributed by atoms with van der Waals surface area (Å²) in [6, 6.07) is 12.3. The average Bonchev–Trinajstić information content (AvgIpc) is 3.21. The van der Waals surface area contributed by atoms with Gasteiger partial charge < -0.3 is 10.1 Å². The molecule has 31 heavy (non-hydrogen) atoms. The Labute approximate surface area is 179 Å². The first-order valence-electron chi connectivity index (χ1n) is 10.2. The number of aromatic amines is 1. The third-order valence-electron chi connectivity index (χ3n) is 5.68. The van der Waals surface area contributed by atoms with Gasteiger partial charge in [0.15, 0.2) is 5.82 Å². The van der Waals surface area contributed by atoms with E-state index >= 15 is 0 Å². The van der Waals surface area contributed by atoms with E-state index in [0.29, 0.717) is 28.1 Å². The van der Waals surface area contributed by atoms with E-state index in [1.54, 1.807) is 49.7 Å². The van der Waals surface area contributed by atoms with Gasteiger partial charge in [-0.05, 0) is 55.5 Å². The minimum atomic E-state index is -0.260. The molecular formula is C23H23N5O3. The molecule has 1 aliphatic rings. The molecule has 0 unspecified atom stereocenters. The maximum atomic E-state index is 12.8. The number of rotatable bonds is 5. The summed E-state index contributed by atoms with van der Waals surface area (Å²) < 4.78 is 6.69. The number of H-pyrrole nitrogens is 1. The van der Waals surface area contributed by atoms with E-state index in [0.717, 1.165) is 25.7 Å². The summed E-state index contributed by atoms with van der Waals surface area (Å²) in [5.74, 6) is 0.221. The van der Waals surface area contributed by atoms with Crippen LogP contribution in [0.2, 0.25) is 0 Å². The smallest absolute Gasteiger partial charge is 0.280 e. The molecule has 0 saturated heterocycles. The number of carbonyl (C=O) groups excluding carboxylic acids is 1. The van der Waals surface area contributed by atoms with Crippen LogP contribution in [-0.2, 0) is 4.74 Å². The summed E-state index contributed by atoms with van der Waals surface area (Å²) in [5, 5.41) is 14.9.